The molecule has 0 bridgehead atoms. The Balaban J connectivity index is 1.65. The number of hydrogen-bond acceptors (Lipinski definition) is 5. The number of benzene rings is 1. The summed E-state index contributed by atoms with van der Waals surface area (Å²) in [5, 5.41) is 11.8. The van der Waals surface area contributed by atoms with Crippen LogP contribution in [0.4, 0.5) is 14.5 Å². The molecule has 0 unspecified atom stereocenters. The van der Waals surface area contributed by atoms with Gasteiger partial charge in [-0.3, -0.25) is 14.4 Å². The van der Waals surface area contributed by atoms with Crippen LogP contribution < -0.4 is 15.2 Å². The van der Waals surface area contributed by atoms with Crippen LogP contribution in [0.5, 0.6) is 5.88 Å². The molecule has 1 aromatic carbocycles. The molecule has 2 aromatic rings. The summed E-state index contributed by atoms with van der Waals surface area (Å²) >= 11 is 0. The third-order valence-corrected chi connectivity index (χ3v) is 8.79. The monoisotopic (exact) mass is 517 g/mol. The molecule has 0 saturated heterocycles. The third kappa shape index (κ3) is 4.84. The highest BCUT2D eigenvalue weighted by atomic mass is 28.3. The minimum absolute atomic E-state index is 0.0485. The molecular weight excluding hydrogens is 488 g/mol. The number of aromatic nitrogens is 1. The Morgan fingerprint density at radius 3 is 2.31 bits per heavy atom. The van der Waals surface area contributed by atoms with E-state index in [0.717, 1.165) is 12.1 Å². The molecule has 0 radical (unpaired) electrons. The van der Waals surface area contributed by atoms with E-state index in [0.29, 0.717) is 23.6 Å². The number of fused-ring (bicyclic) bond motifs is 1. The Morgan fingerprint density at radius 1 is 1.11 bits per heavy atom. The van der Waals surface area contributed by atoms with Crippen LogP contribution >= 0.6 is 0 Å². The molecule has 0 spiro atoms. The number of nitrogens with zero attached hydrogens (tertiary/aromatic N) is 2. The number of hydrogen-bond donors (Lipinski definition) is 2. The molecule has 1 saturated carbocycles. The number of amides is 2. The lowest BCUT2D eigenvalue weighted by Gasteiger charge is -2.41. The predicted molar refractivity (Wildman–Crippen MR) is 131 cm³/mol. The number of nitrogens with one attached hydrogen (secondary N) is 1. The van der Waals surface area contributed by atoms with E-state index in [1.165, 1.54) is 12.0 Å². The lowest BCUT2D eigenvalue weighted by atomic mass is 9.73. The highest BCUT2D eigenvalue weighted by molar-refractivity contribution is 6.88. The summed E-state index contributed by atoms with van der Waals surface area (Å²) in [5.74, 6) is -4.05. The lowest BCUT2D eigenvalue weighted by molar-refractivity contribution is -0.154. The molecule has 1 aromatic heterocycles. The maximum atomic E-state index is 14.8. The molecule has 1 atom stereocenters. The number of carboxylic acids is 1. The Bertz CT molecular complexity index is 1200. The largest absolute Gasteiger partial charge is 0.481 e. The zero-order valence-electron chi connectivity index (χ0n) is 20.6. The fourth-order valence-corrected chi connectivity index (χ4v) is 6.50. The fraction of sp³-hybridized carbons (Fsp3) is 0.440. The second-order valence-corrected chi connectivity index (χ2v) is 15.3. The third-order valence-electron chi connectivity index (χ3n) is 6.82. The van der Waals surface area contributed by atoms with E-state index in [9.17, 15) is 28.3 Å². The summed E-state index contributed by atoms with van der Waals surface area (Å²) in [5.41, 5.74) is 1.02. The van der Waals surface area contributed by atoms with E-state index < -0.39 is 49.5 Å². The summed E-state index contributed by atoms with van der Waals surface area (Å²) in [4.78, 5) is 43.8. The summed E-state index contributed by atoms with van der Waals surface area (Å²) < 4.78 is 34.8. The molecule has 2 aliphatic rings. The Morgan fingerprint density at radius 2 is 1.75 bits per heavy atom. The number of aliphatic carboxylic acids is 1. The highest BCUT2D eigenvalue weighted by Gasteiger charge is 2.45. The van der Waals surface area contributed by atoms with Crippen LogP contribution in [0.25, 0.3) is 0 Å². The molecule has 2 N–H and O–H groups in total. The van der Waals surface area contributed by atoms with Crippen molar-refractivity contribution in [2.75, 3.05) is 19.0 Å². The smallest absolute Gasteiger partial charge is 0.306 e. The van der Waals surface area contributed by atoms with Gasteiger partial charge >= 0.3 is 5.97 Å². The van der Waals surface area contributed by atoms with Crippen LogP contribution in [0.1, 0.15) is 30.1 Å². The second-order valence-electron chi connectivity index (χ2n) is 10.3. The first kappa shape index (κ1) is 25.7. The van der Waals surface area contributed by atoms with Gasteiger partial charge in [0.05, 0.1) is 26.8 Å². The van der Waals surface area contributed by atoms with Gasteiger partial charge in [0.15, 0.2) is 0 Å². The summed E-state index contributed by atoms with van der Waals surface area (Å²) in [6, 6.07) is 4.34. The molecule has 1 aliphatic heterocycles. The van der Waals surface area contributed by atoms with Crippen molar-refractivity contribution in [3.63, 3.8) is 0 Å². The van der Waals surface area contributed by atoms with Gasteiger partial charge in [-0.15, -0.1) is 0 Å². The van der Waals surface area contributed by atoms with Gasteiger partial charge in [0.25, 0.3) is 5.91 Å². The number of rotatable bonds is 6. The Kier molecular flexibility index (Phi) is 6.87. The number of carbonyl (C=O) groups excluding carboxylic acids is 2. The van der Waals surface area contributed by atoms with Crippen molar-refractivity contribution in [3.8, 4) is 5.88 Å². The van der Waals surface area contributed by atoms with Crippen LogP contribution in [0, 0.1) is 23.5 Å². The van der Waals surface area contributed by atoms with Gasteiger partial charge in [0, 0.05) is 41.4 Å². The number of methoxy groups -OCH3 is 1. The number of ether oxygens (including phenoxy) is 1. The standard InChI is InChI=1S/C25H29F2N3O5Si/c1-35-20-6-5-16-19(29-20)7-8-30(24(32)13-9-14(10-13)25(33)34)21(16)23(31)28-15-11-17(26)22(18(27)12-15)36(2,3)4/h5-6,11-14,21H,7-10H2,1-4H3,(H,28,31)(H,33,34)/t13?,14?,21-/m1/s1. The summed E-state index contributed by atoms with van der Waals surface area (Å²) in [7, 11) is -0.829. The highest BCUT2D eigenvalue weighted by Crippen LogP contribution is 2.39. The van der Waals surface area contributed by atoms with E-state index in [1.807, 2.05) is 19.6 Å². The second kappa shape index (κ2) is 9.60. The van der Waals surface area contributed by atoms with Crippen LogP contribution in [0.2, 0.25) is 19.6 Å². The predicted octanol–water partition coefficient (Wildman–Crippen LogP) is 3.09. The summed E-state index contributed by atoms with van der Waals surface area (Å²) in [6.45, 7) is 5.67. The van der Waals surface area contributed by atoms with Gasteiger partial charge in [-0.25, -0.2) is 13.8 Å². The SMILES string of the molecule is COc1ccc2c(n1)CCN(C(=O)C1CC(C(=O)O)C1)[C@H]2C(=O)Nc1cc(F)c([Si](C)(C)C)c(F)c1. The van der Waals surface area contributed by atoms with Crippen molar-refractivity contribution in [1.29, 1.82) is 0 Å². The number of anilines is 1. The van der Waals surface area contributed by atoms with E-state index in [-0.39, 0.29) is 36.2 Å². The molecule has 2 amide bonds. The van der Waals surface area contributed by atoms with E-state index >= 15 is 0 Å². The number of carbonyl (C=O) groups is 3. The van der Waals surface area contributed by atoms with Gasteiger partial charge in [-0.2, -0.15) is 0 Å². The minimum Gasteiger partial charge on any atom is -0.481 e. The molecule has 2 heterocycles. The molecule has 36 heavy (non-hydrogen) atoms. The van der Waals surface area contributed by atoms with Crippen LogP contribution in [0.15, 0.2) is 24.3 Å². The van der Waals surface area contributed by atoms with Gasteiger partial charge in [-0.05, 0) is 31.0 Å². The molecule has 11 heteroatoms. The zero-order chi connectivity index (χ0) is 26.4. The molecule has 1 aliphatic carbocycles. The number of pyridine rings is 1. The minimum atomic E-state index is -2.30. The van der Waals surface area contributed by atoms with Gasteiger partial charge in [0.1, 0.15) is 17.7 Å². The van der Waals surface area contributed by atoms with Crippen molar-refractivity contribution in [2.24, 2.45) is 11.8 Å². The van der Waals surface area contributed by atoms with Crippen LogP contribution in [-0.2, 0) is 20.8 Å². The van der Waals surface area contributed by atoms with E-state index in [1.54, 1.807) is 12.1 Å². The first-order valence-corrected chi connectivity index (χ1v) is 15.3. The quantitative estimate of drug-likeness (QED) is 0.570. The molecule has 4 rings (SSSR count). The van der Waals surface area contributed by atoms with E-state index in [2.05, 4.69) is 10.3 Å². The van der Waals surface area contributed by atoms with Crippen molar-refractivity contribution in [3.05, 3.63) is 47.2 Å². The average Bonchev–Trinajstić information content (AvgIpc) is 2.74. The average molecular weight is 518 g/mol. The summed E-state index contributed by atoms with van der Waals surface area (Å²) in [6.07, 6.45) is 0.800. The van der Waals surface area contributed by atoms with E-state index in [4.69, 9.17) is 4.74 Å². The first-order valence-electron chi connectivity index (χ1n) is 11.8. The Labute approximate surface area is 208 Å². The van der Waals surface area contributed by atoms with Gasteiger partial charge in [0.2, 0.25) is 11.8 Å². The van der Waals surface area contributed by atoms with Crippen molar-refractivity contribution >= 4 is 36.7 Å². The molecule has 1 fully saturated rings. The van der Waals surface area contributed by atoms with Crippen molar-refractivity contribution in [1.82, 2.24) is 9.88 Å². The molecule has 192 valence electrons. The van der Waals surface area contributed by atoms with Gasteiger partial charge in [-0.1, -0.05) is 19.6 Å². The lowest BCUT2D eigenvalue weighted by Crippen LogP contribution is -2.50. The Hall–Kier alpha value is -3.34. The maximum absolute atomic E-state index is 14.8. The first-order chi connectivity index (χ1) is 16.9. The normalized spacial score (nSPS) is 21.3. The molecule has 8 nitrogen and oxygen atoms in total. The van der Waals surface area contributed by atoms with Crippen molar-refractivity contribution < 1.29 is 33.0 Å². The molecular formula is C25H29F2N3O5Si. The number of carboxylic acid groups (broad SMARTS) is 1. The maximum Gasteiger partial charge on any atom is 0.306 e. The number of halogens is 2. The topological polar surface area (TPSA) is 109 Å². The van der Waals surface area contributed by atoms with Crippen LogP contribution in [0.3, 0.4) is 0 Å². The zero-order valence-corrected chi connectivity index (χ0v) is 21.6. The fourth-order valence-electron chi connectivity index (χ4n) is 4.93. The van der Waals surface area contributed by atoms with Gasteiger partial charge < -0.3 is 20.1 Å². The van der Waals surface area contributed by atoms with Crippen molar-refractivity contribution in [2.45, 2.75) is 44.9 Å². The van der Waals surface area contributed by atoms with Crippen LogP contribution in [-0.4, -0.2) is 54.5 Å².